The number of aryl methyl sites for hydroxylation is 1. The lowest BCUT2D eigenvalue weighted by Gasteiger charge is -2.26. The highest BCUT2D eigenvalue weighted by Gasteiger charge is 2.26. The summed E-state index contributed by atoms with van der Waals surface area (Å²) in [5.41, 5.74) is 1.70. The van der Waals surface area contributed by atoms with E-state index in [9.17, 15) is 4.79 Å². The van der Waals surface area contributed by atoms with Gasteiger partial charge in [0.05, 0.1) is 25.9 Å². The van der Waals surface area contributed by atoms with E-state index in [1.165, 1.54) is 6.07 Å². The van der Waals surface area contributed by atoms with Gasteiger partial charge >= 0.3 is 0 Å². The van der Waals surface area contributed by atoms with Gasteiger partial charge < -0.3 is 23.6 Å². The van der Waals surface area contributed by atoms with E-state index in [2.05, 4.69) is 10.2 Å². The van der Waals surface area contributed by atoms with Crippen LogP contribution in [-0.2, 0) is 6.54 Å². The maximum absolute atomic E-state index is 12.7. The van der Waals surface area contributed by atoms with E-state index >= 15 is 0 Å². The van der Waals surface area contributed by atoms with Crippen LogP contribution in [0, 0.1) is 6.92 Å². The van der Waals surface area contributed by atoms with Gasteiger partial charge in [0, 0.05) is 44.4 Å². The van der Waals surface area contributed by atoms with Crippen molar-refractivity contribution in [2.45, 2.75) is 13.5 Å². The number of benzene rings is 1. The van der Waals surface area contributed by atoms with Crippen LogP contribution in [0.3, 0.4) is 0 Å². The Balaban J connectivity index is 1.99. The standard InChI is InChI=1S/C19H22N2O5/c1-11-8-13(22)15-16(23-2)14-12(9-21-6-4-20-5-7-21)10-25-17(14)19(24-3)18(15)26-11/h8,10,20H,4-7,9H2,1-3H3. The zero-order valence-corrected chi connectivity index (χ0v) is 15.2. The van der Waals surface area contributed by atoms with E-state index in [0.717, 1.165) is 43.7 Å². The topological polar surface area (TPSA) is 77.1 Å². The summed E-state index contributed by atoms with van der Waals surface area (Å²) in [6, 6.07) is 1.46. The Morgan fingerprint density at radius 3 is 2.54 bits per heavy atom. The summed E-state index contributed by atoms with van der Waals surface area (Å²) < 4.78 is 22.8. The third-order valence-electron chi connectivity index (χ3n) is 4.82. The second-order valence-corrected chi connectivity index (χ2v) is 6.48. The maximum Gasteiger partial charge on any atom is 0.206 e. The molecule has 7 heteroatoms. The van der Waals surface area contributed by atoms with Crippen LogP contribution in [0.5, 0.6) is 11.5 Å². The normalized spacial score (nSPS) is 15.7. The number of methoxy groups -OCH3 is 2. The Morgan fingerprint density at radius 2 is 1.85 bits per heavy atom. The quantitative estimate of drug-likeness (QED) is 0.766. The molecular weight excluding hydrogens is 336 g/mol. The number of furan rings is 1. The Bertz CT molecular complexity index is 1010. The number of nitrogens with one attached hydrogen (secondary N) is 1. The first-order valence-corrected chi connectivity index (χ1v) is 8.65. The van der Waals surface area contributed by atoms with Crippen molar-refractivity contribution in [3.05, 3.63) is 33.9 Å². The molecule has 2 aromatic heterocycles. The van der Waals surface area contributed by atoms with Crippen molar-refractivity contribution in [2.75, 3.05) is 40.4 Å². The van der Waals surface area contributed by atoms with Crippen LogP contribution in [0.25, 0.3) is 21.9 Å². The molecule has 0 spiro atoms. The molecule has 1 aromatic carbocycles. The molecule has 0 atom stereocenters. The van der Waals surface area contributed by atoms with Gasteiger partial charge in [-0.3, -0.25) is 9.69 Å². The summed E-state index contributed by atoms with van der Waals surface area (Å²) in [6.07, 6.45) is 1.72. The molecule has 0 radical (unpaired) electrons. The van der Waals surface area contributed by atoms with Gasteiger partial charge in [-0.05, 0) is 6.92 Å². The average molecular weight is 358 g/mol. The second-order valence-electron chi connectivity index (χ2n) is 6.48. The van der Waals surface area contributed by atoms with Gasteiger partial charge in [0.15, 0.2) is 16.6 Å². The van der Waals surface area contributed by atoms with Crippen LogP contribution in [-0.4, -0.2) is 45.3 Å². The predicted octanol–water partition coefficient (Wildman–Crippen LogP) is 2.27. The molecule has 4 rings (SSSR count). The first-order chi connectivity index (χ1) is 12.6. The third kappa shape index (κ3) is 2.64. The number of hydrogen-bond acceptors (Lipinski definition) is 7. The summed E-state index contributed by atoms with van der Waals surface area (Å²) in [5, 5.41) is 4.50. The van der Waals surface area contributed by atoms with E-state index < -0.39 is 0 Å². The van der Waals surface area contributed by atoms with Gasteiger partial charge in [0.2, 0.25) is 5.75 Å². The number of rotatable bonds is 4. The van der Waals surface area contributed by atoms with Crippen molar-refractivity contribution in [3.8, 4) is 11.5 Å². The van der Waals surface area contributed by atoms with Crippen molar-refractivity contribution in [1.82, 2.24) is 10.2 Å². The molecule has 0 unspecified atom stereocenters. The first kappa shape index (κ1) is 16.9. The number of ether oxygens (including phenoxy) is 2. The molecule has 3 heterocycles. The number of hydrogen-bond donors (Lipinski definition) is 1. The number of fused-ring (bicyclic) bond motifs is 2. The largest absolute Gasteiger partial charge is 0.495 e. The van der Waals surface area contributed by atoms with E-state index in [0.29, 0.717) is 33.8 Å². The highest BCUT2D eigenvalue weighted by molar-refractivity contribution is 6.08. The zero-order chi connectivity index (χ0) is 18.3. The lowest BCUT2D eigenvalue weighted by atomic mass is 10.1. The lowest BCUT2D eigenvalue weighted by Crippen LogP contribution is -2.42. The fourth-order valence-electron chi connectivity index (χ4n) is 3.64. The summed E-state index contributed by atoms with van der Waals surface area (Å²) in [5.74, 6) is 1.40. The minimum Gasteiger partial charge on any atom is -0.495 e. The molecule has 0 saturated carbocycles. The lowest BCUT2D eigenvalue weighted by molar-refractivity contribution is 0.233. The van der Waals surface area contributed by atoms with Crippen LogP contribution in [0.2, 0.25) is 0 Å². The maximum atomic E-state index is 12.7. The molecule has 3 aromatic rings. The first-order valence-electron chi connectivity index (χ1n) is 8.65. The van der Waals surface area contributed by atoms with Crippen LogP contribution < -0.4 is 20.2 Å². The van der Waals surface area contributed by atoms with Gasteiger partial charge in [-0.15, -0.1) is 0 Å². The molecule has 1 fully saturated rings. The van der Waals surface area contributed by atoms with Crippen molar-refractivity contribution in [1.29, 1.82) is 0 Å². The minimum absolute atomic E-state index is 0.157. The average Bonchev–Trinajstić information content (AvgIpc) is 3.04. The Kier molecular flexibility index (Phi) is 4.34. The molecule has 1 saturated heterocycles. The van der Waals surface area contributed by atoms with Gasteiger partial charge in [-0.25, -0.2) is 0 Å². The second kappa shape index (κ2) is 6.66. The monoisotopic (exact) mass is 358 g/mol. The molecule has 1 aliphatic heterocycles. The summed E-state index contributed by atoms with van der Waals surface area (Å²) in [6.45, 7) is 6.29. The highest BCUT2D eigenvalue weighted by Crippen LogP contribution is 2.44. The molecule has 0 bridgehead atoms. The predicted molar refractivity (Wildman–Crippen MR) is 98.2 cm³/mol. The number of piperazine rings is 1. The highest BCUT2D eigenvalue weighted by atomic mass is 16.5. The number of nitrogens with zero attached hydrogens (tertiary/aromatic N) is 1. The van der Waals surface area contributed by atoms with Crippen LogP contribution in [0.15, 0.2) is 26.0 Å². The molecule has 1 aliphatic rings. The molecule has 0 amide bonds. The van der Waals surface area contributed by atoms with Gasteiger partial charge in [0.25, 0.3) is 0 Å². The van der Waals surface area contributed by atoms with Crippen LogP contribution >= 0.6 is 0 Å². The van der Waals surface area contributed by atoms with Crippen LogP contribution in [0.4, 0.5) is 0 Å². The Labute approximate surface area is 150 Å². The molecule has 138 valence electrons. The van der Waals surface area contributed by atoms with Gasteiger partial charge in [0.1, 0.15) is 16.9 Å². The minimum atomic E-state index is -0.157. The SMILES string of the molecule is COc1c2occ(CN3CCNCC3)c2c(OC)c2c(=O)cc(C)oc12. The fourth-order valence-corrected chi connectivity index (χ4v) is 3.64. The van der Waals surface area contributed by atoms with E-state index in [1.807, 2.05) is 0 Å². The molecule has 1 N–H and O–H groups in total. The van der Waals surface area contributed by atoms with E-state index in [1.54, 1.807) is 27.4 Å². The fraction of sp³-hybridized carbons (Fsp3) is 0.421. The third-order valence-corrected chi connectivity index (χ3v) is 4.82. The zero-order valence-electron chi connectivity index (χ0n) is 15.2. The summed E-state index contributed by atoms with van der Waals surface area (Å²) in [4.78, 5) is 15.0. The molecule has 0 aliphatic carbocycles. The van der Waals surface area contributed by atoms with Gasteiger partial charge in [-0.1, -0.05) is 0 Å². The summed E-state index contributed by atoms with van der Waals surface area (Å²) in [7, 11) is 3.10. The van der Waals surface area contributed by atoms with Crippen molar-refractivity contribution < 1.29 is 18.3 Å². The van der Waals surface area contributed by atoms with Crippen molar-refractivity contribution in [2.24, 2.45) is 0 Å². The Morgan fingerprint density at radius 1 is 1.12 bits per heavy atom. The smallest absolute Gasteiger partial charge is 0.206 e. The van der Waals surface area contributed by atoms with Crippen LogP contribution in [0.1, 0.15) is 11.3 Å². The molecule has 7 nitrogen and oxygen atoms in total. The summed E-state index contributed by atoms with van der Waals surface area (Å²) >= 11 is 0. The molecule has 26 heavy (non-hydrogen) atoms. The van der Waals surface area contributed by atoms with Crippen molar-refractivity contribution >= 4 is 21.9 Å². The molecular formula is C19H22N2O5. The van der Waals surface area contributed by atoms with E-state index in [-0.39, 0.29) is 5.43 Å². The Hall–Kier alpha value is -2.51. The van der Waals surface area contributed by atoms with E-state index in [4.69, 9.17) is 18.3 Å². The van der Waals surface area contributed by atoms with Gasteiger partial charge in [-0.2, -0.15) is 0 Å². The van der Waals surface area contributed by atoms with Crippen molar-refractivity contribution in [3.63, 3.8) is 0 Å².